The summed E-state index contributed by atoms with van der Waals surface area (Å²) in [4.78, 5) is 12.4. The molecule has 0 aliphatic rings. The Morgan fingerprint density at radius 2 is 1.88 bits per heavy atom. The van der Waals surface area contributed by atoms with Crippen LogP contribution in [0.3, 0.4) is 0 Å². The van der Waals surface area contributed by atoms with E-state index in [0.717, 1.165) is 10.9 Å². The van der Waals surface area contributed by atoms with Gasteiger partial charge in [0.05, 0.1) is 0 Å². The van der Waals surface area contributed by atoms with Crippen molar-refractivity contribution in [3.63, 3.8) is 0 Å². The molecule has 2 nitrogen and oxygen atoms in total. The number of fused-ring (bicyclic) bond motifs is 1. The van der Waals surface area contributed by atoms with E-state index in [1.165, 1.54) is 0 Å². The quantitative estimate of drug-likeness (QED) is 0.698. The van der Waals surface area contributed by atoms with Crippen molar-refractivity contribution in [1.82, 2.24) is 4.57 Å². The third kappa shape index (κ3) is 1.98. The lowest BCUT2D eigenvalue weighted by molar-refractivity contribution is 0.385. The smallest absolute Gasteiger partial charge is 0.258 e. The van der Waals surface area contributed by atoms with Gasteiger partial charge in [0.25, 0.3) is 5.56 Å². The number of aromatic nitrogens is 1. The molecule has 90 valence electrons. The summed E-state index contributed by atoms with van der Waals surface area (Å²) in [7, 11) is 0. The van der Waals surface area contributed by atoms with Gasteiger partial charge in [-0.15, -0.1) is 0 Å². The number of hydrogen-bond donors (Lipinski definition) is 0. The molecule has 0 spiro atoms. The molecule has 17 heavy (non-hydrogen) atoms. The lowest BCUT2D eigenvalue weighted by atomic mass is 10.0. The number of rotatable bonds is 0. The van der Waals surface area contributed by atoms with E-state index in [2.05, 4.69) is 0 Å². The van der Waals surface area contributed by atoms with Crippen molar-refractivity contribution in [3.05, 3.63) is 45.3 Å². The molecule has 0 aliphatic carbocycles. The Labute approximate surface area is 106 Å². The molecule has 2 rings (SSSR count). The van der Waals surface area contributed by atoms with Gasteiger partial charge in [0.2, 0.25) is 0 Å². The van der Waals surface area contributed by atoms with Crippen LogP contribution in [-0.4, -0.2) is 4.57 Å². The van der Waals surface area contributed by atoms with Crippen LogP contribution in [0, 0.1) is 6.92 Å². The lowest BCUT2D eigenvalue weighted by Gasteiger charge is -2.23. The molecular weight excluding hydrogens is 234 g/mol. The first-order chi connectivity index (χ1) is 7.82. The Hall–Kier alpha value is -1.28. The van der Waals surface area contributed by atoms with Gasteiger partial charge in [0, 0.05) is 27.5 Å². The highest BCUT2D eigenvalue weighted by atomic mass is 35.5. The summed E-state index contributed by atoms with van der Waals surface area (Å²) >= 11 is 6.15. The summed E-state index contributed by atoms with van der Waals surface area (Å²) in [5.74, 6) is 0. The van der Waals surface area contributed by atoms with Crippen molar-refractivity contribution >= 4 is 22.4 Å². The molecule has 0 atom stereocenters. The zero-order chi connectivity index (χ0) is 12.8. The van der Waals surface area contributed by atoms with Gasteiger partial charge < -0.3 is 4.57 Å². The largest absolute Gasteiger partial charge is 0.309 e. The molecule has 2 aromatic rings. The van der Waals surface area contributed by atoms with Crippen molar-refractivity contribution in [3.8, 4) is 0 Å². The van der Waals surface area contributed by atoms with E-state index in [-0.39, 0.29) is 11.1 Å². The van der Waals surface area contributed by atoms with E-state index < -0.39 is 0 Å². The van der Waals surface area contributed by atoms with Crippen LogP contribution < -0.4 is 5.56 Å². The van der Waals surface area contributed by atoms with E-state index in [1.807, 2.05) is 52.1 Å². The van der Waals surface area contributed by atoms with Gasteiger partial charge in [-0.2, -0.15) is 0 Å². The summed E-state index contributed by atoms with van der Waals surface area (Å²) in [5.41, 5.74) is 0.818. The number of pyridine rings is 1. The van der Waals surface area contributed by atoms with Crippen LogP contribution in [0.15, 0.2) is 29.2 Å². The summed E-state index contributed by atoms with van der Waals surface area (Å²) in [6.07, 6.45) is 1.89. The van der Waals surface area contributed by atoms with Crippen LogP contribution in [0.4, 0.5) is 0 Å². The normalized spacial score (nSPS) is 12.1. The van der Waals surface area contributed by atoms with Crippen molar-refractivity contribution < 1.29 is 0 Å². The number of nitrogens with zero attached hydrogens (tertiary/aromatic N) is 1. The second-order valence-corrected chi connectivity index (χ2v) is 5.73. The fourth-order valence-corrected chi connectivity index (χ4v) is 2.37. The average Bonchev–Trinajstić information content (AvgIpc) is 2.21. The van der Waals surface area contributed by atoms with Crippen molar-refractivity contribution in [2.45, 2.75) is 33.2 Å². The number of halogens is 1. The van der Waals surface area contributed by atoms with Crippen LogP contribution in [0.1, 0.15) is 26.3 Å². The van der Waals surface area contributed by atoms with Crippen molar-refractivity contribution in [2.75, 3.05) is 0 Å². The molecule has 3 heteroatoms. The minimum Gasteiger partial charge on any atom is -0.309 e. The van der Waals surface area contributed by atoms with Gasteiger partial charge >= 0.3 is 0 Å². The van der Waals surface area contributed by atoms with Gasteiger partial charge in [-0.1, -0.05) is 17.7 Å². The van der Waals surface area contributed by atoms with E-state index >= 15 is 0 Å². The number of benzene rings is 1. The Bertz CT molecular complexity index is 635. The third-order valence-corrected chi connectivity index (χ3v) is 3.22. The molecule has 1 heterocycles. The van der Waals surface area contributed by atoms with E-state index in [4.69, 9.17) is 11.6 Å². The molecule has 0 saturated heterocycles. The zero-order valence-electron chi connectivity index (χ0n) is 10.5. The minimum atomic E-state index is -0.224. The predicted molar refractivity (Wildman–Crippen MR) is 73.0 cm³/mol. The molecule has 1 aromatic carbocycles. The summed E-state index contributed by atoms with van der Waals surface area (Å²) in [6.45, 7) is 8.04. The van der Waals surface area contributed by atoms with Gasteiger partial charge in [-0.05, 0) is 45.4 Å². The molecule has 0 amide bonds. The van der Waals surface area contributed by atoms with E-state index in [1.54, 1.807) is 4.57 Å². The molecule has 0 fully saturated rings. The lowest BCUT2D eigenvalue weighted by Crippen LogP contribution is -2.33. The van der Waals surface area contributed by atoms with Crippen LogP contribution in [0.5, 0.6) is 0 Å². The van der Waals surface area contributed by atoms with E-state index in [9.17, 15) is 4.79 Å². The number of aryl methyl sites for hydroxylation is 1. The van der Waals surface area contributed by atoms with Crippen molar-refractivity contribution in [2.24, 2.45) is 0 Å². The van der Waals surface area contributed by atoms with Crippen LogP contribution in [0.25, 0.3) is 10.8 Å². The van der Waals surface area contributed by atoms with Crippen LogP contribution in [-0.2, 0) is 5.54 Å². The van der Waals surface area contributed by atoms with Gasteiger partial charge in [0.15, 0.2) is 0 Å². The fourth-order valence-electron chi connectivity index (χ4n) is 2.05. The zero-order valence-corrected chi connectivity index (χ0v) is 11.3. The topological polar surface area (TPSA) is 22.0 Å². The maximum absolute atomic E-state index is 12.4. The highest BCUT2D eigenvalue weighted by Gasteiger charge is 2.17. The van der Waals surface area contributed by atoms with E-state index in [0.29, 0.717) is 10.4 Å². The highest BCUT2D eigenvalue weighted by Crippen LogP contribution is 2.25. The Kier molecular flexibility index (Phi) is 2.78. The molecule has 0 bridgehead atoms. The molecule has 0 saturated carbocycles. The first-order valence-electron chi connectivity index (χ1n) is 5.63. The standard InChI is InChI=1S/C14H16ClNO/c1-9-8-16(14(2,3)4)13(17)10-6-5-7-11(15)12(9)10/h5-8H,1-4H3. The summed E-state index contributed by atoms with van der Waals surface area (Å²) in [5, 5.41) is 2.19. The average molecular weight is 250 g/mol. The van der Waals surface area contributed by atoms with Gasteiger partial charge in [-0.3, -0.25) is 4.79 Å². The summed E-state index contributed by atoms with van der Waals surface area (Å²) in [6, 6.07) is 5.47. The predicted octanol–water partition coefficient (Wildman–Crippen LogP) is 3.72. The third-order valence-electron chi connectivity index (χ3n) is 2.90. The van der Waals surface area contributed by atoms with Gasteiger partial charge in [0.1, 0.15) is 0 Å². The second-order valence-electron chi connectivity index (χ2n) is 5.32. The molecule has 0 N–H and O–H groups in total. The Morgan fingerprint density at radius 3 is 2.47 bits per heavy atom. The molecule has 0 aliphatic heterocycles. The SMILES string of the molecule is Cc1cn(C(C)(C)C)c(=O)c2cccc(Cl)c12. The molecule has 1 aromatic heterocycles. The second kappa shape index (κ2) is 3.88. The molecule has 0 radical (unpaired) electrons. The maximum Gasteiger partial charge on any atom is 0.258 e. The monoisotopic (exact) mass is 249 g/mol. The first kappa shape index (κ1) is 12.2. The highest BCUT2D eigenvalue weighted by molar-refractivity contribution is 6.35. The first-order valence-corrected chi connectivity index (χ1v) is 6.01. The minimum absolute atomic E-state index is 0.0144. The fraction of sp³-hybridized carbons (Fsp3) is 0.357. The summed E-state index contributed by atoms with van der Waals surface area (Å²) < 4.78 is 1.76. The van der Waals surface area contributed by atoms with Crippen LogP contribution >= 0.6 is 11.6 Å². The maximum atomic E-state index is 12.4. The number of hydrogen-bond acceptors (Lipinski definition) is 1. The van der Waals surface area contributed by atoms with Crippen LogP contribution in [0.2, 0.25) is 5.02 Å². The Balaban J connectivity index is 2.97. The molecular formula is C14H16ClNO. The Morgan fingerprint density at radius 1 is 1.24 bits per heavy atom. The molecule has 0 unspecified atom stereocenters. The van der Waals surface area contributed by atoms with Crippen molar-refractivity contribution in [1.29, 1.82) is 0 Å². The van der Waals surface area contributed by atoms with Gasteiger partial charge in [-0.25, -0.2) is 0 Å².